The molecule has 0 saturated carbocycles. The molecule has 2 rings (SSSR count). The van der Waals surface area contributed by atoms with E-state index in [1.165, 1.54) is 12.8 Å². The number of hydrogen-bond donors (Lipinski definition) is 1. The number of nitrogen functional groups attached to an aromatic ring is 1. The Labute approximate surface area is 168 Å². The third-order valence-electron chi connectivity index (χ3n) is 4.04. The Morgan fingerprint density at radius 2 is 1.96 bits per heavy atom. The molecule has 7 heteroatoms. The molecule has 2 aromatic rings. The molecule has 0 aliphatic rings. The van der Waals surface area contributed by atoms with E-state index in [1.54, 1.807) is 13.8 Å². The molecule has 27 heavy (non-hydrogen) atoms. The van der Waals surface area contributed by atoms with Gasteiger partial charge in [0, 0.05) is 10.0 Å². The van der Waals surface area contributed by atoms with Crippen LogP contribution in [0, 0.1) is 6.92 Å². The van der Waals surface area contributed by atoms with E-state index >= 15 is 0 Å². The van der Waals surface area contributed by atoms with E-state index in [4.69, 9.17) is 15.2 Å². The highest BCUT2D eigenvalue weighted by molar-refractivity contribution is 9.10. The molecule has 0 atom stereocenters. The van der Waals surface area contributed by atoms with Gasteiger partial charge in [0.2, 0.25) is 5.95 Å². The fourth-order valence-corrected chi connectivity index (χ4v) is 3.12. The van der Waals surface area contributed by atoms with E-state index in [0.717, 1.165) is 17.3 Å². The number of nitrogens with two attached hydrogens (primary N) is 1. The number of carbonyl (C=O) groups excluding carboxylic acids is 1. The van der Waals surface area contributed by atoms with Crippen LogP contribution in [0.25, 0.3) is 11.3 Å². The Bertz CT molecular complexity index is 796. The number of halogens is 1. The van der Waals surface area contributed by atoms with Crippen molar-refractivity contribution in [3.05, 3.63) is 33.9 Å². The summed E-state index contributed by atoms with van der Waals surface area (Å²) in [6, 6.07) is 5.62. The average Bonchev–Trinajstić information content (AvgIpc) is 2.62. The number of benzene rings is 1. The van der Waals surface area contributed by atoms with E-state index in [2.05, 4.69) is 32.8 Å². The maximum atomic E-state index is 12.5. The molecule has 146 valence electrons. The number of ether oxygens (including phenoxy) is 2. The van der Waals surface area contributed by atoms with Crippen molar-refractivity contribution in [3.8, 4) is 17.0 Å². The lowest BCUT2D eigenvalue weighted by Crippen LogP contribution is -2.13. The molecule has 1 heterocycles. The summed E-state index contributed by atoms with van der Waals surface area (Å²) >= 11 is 3.48. The largest absolute Gasteiger partial charge is 0.493 e. The van der Waals surface area contributed by atoms with Crippen LogP contribution in [-0.4, -0.2) is 29.2 Å². The highest BCUT2D eigenvalue weighted by Gasteiger charge is 2.23. The summed E-state index contributed by atoms with van der Waals surface area (Å²) in [7, 11) is 0. The van der Waals surface area contributed by atoms with Crippen LogP contribution >= 0.6 is 15.9 Å². The monoisotopic (exact) mass is 435 g/mol. The molecular formula is C20H26BrN3O3. The zero-order valence-electron chi connectivity index (χ0n) is 16.0. The first kappa shape index (κ1) is 21.2. The lowest BCUT2D eigenvalue weighted by atomic mass is 10.0. The highest BCUT2D eigenvalue weighted by Crippen LogP contribution is 2.35. The Morgan fingerprint density at radius 3 is 2.67 bits per heavy atom. The second-order valence-corrected chi connectivity index (χ2v) is 7.08. The maximum Gasteiger partial charge on any atom is 0.342 e. The lowest BCUT2D eigenvalue weighted by Gasteiger charge is -2.15. The van der Waals surface area contributed by atoms with Crippen LogP contribution in [-0.2, 0) is 4.74 Å². The van der Waals surface area contributed by atoms with Crippen LogP contribution in [0.5, 0.6) is 5.75 Å². The van der Waals surface area contributed by atoms with Crippen molar-refractivity contribution in [1.82, 2.24) is 9.97 Å². The zero-order chi connectivity index (χ0) is 19.8. The van der Waals surface area contributed by atoms with Gasteiger partial charge in [-0.25, -0.2) is 14.8 Å². The molecule has 1 aromatic carbocycles. The first-order valence-corrected chi connectivity index (χ1v) is 10.0. The highest BCUT2D eigenvalue weighted by atomic mass is 79.9. The van der Waals surface area contributed by atoms with Crippen molar-refractivity contribution in [2.45, 2.75) is 46.5 Å². The van der Waals surface area contributed by atoms with Crippen LogP contribution in [0.2, 0.25) is 0 Å². The van der Waals surface area contributed by atoms with Crippen molar-refractivity contribution < 1.29 is 14.3 Å². The molecule has 0 bridgehead atoms. The minimum Gasteiger partial charge on any atom is -0.493 e. The second kappa shape index (κ2) is 10.3. The summed E-state index contributed by atoms with van der Waals surface area (Å²) in [5.74, 6) is 0.279. The average molecular weight is 436 g/mol. The number of nitrogens with zero attached hydrogens (tertiary/aromatic N) is 2. The van der Waals surface area contributed by atoms with E-state index in [-0.39, 0.29) is 12.6 Å². The SMILES string of the molecule is CCCCCCOc1ccc(Br)cc1-c1nc(N)nc(C)c1C(=O)OCC. The molecular weight excluding hydrogens is 410 g/mol. The number of esters is 1. The van der Waals surface area contributed by atoms with Gasteiger partial charge in [0.25, 0.3) is 0 Å². The Morgan fingerprint density at radius 1 is 1.19 bits per heavy atom. The molecule has 1 aromatic heterocycles. The predicted molar refractivity (Wildman–Crippen MR) is 110 cm³/mol. The van der Waals surface area contributed by atoms with Crippen LogP contribution in [0.4, 0.5) is 5.95 Å². The summed E-state index contributed by atoms with van der Waals surface area (Å²) in [5, 5.41) is 0. The van der Waals surface area contributed by atoms with Gasteiger partial charge in [0.1, 0.15) is 11.3 Å². The fraction of sp³-hybridized carbons (Fsp3) is 0.450. The van der Waals surface area contributed by atoms with Crippen molar-refractivity contribution in [2.75, 3.05) is 18.9 Å². The molecule has 2 N–H and O–H groups in total. The molecule has 0 saturated heterocycles. The van der Waals surface area contributed by atoms with E-state index in [9.17, 15) is 4.79 Å². The van der Waals surface area contributed by atoms with Gasteiger partial charge in [-0.05, 0) is 38.5 Å². The Kier molecular flexibility index (Phi) is 8.03. The summed E-state index contributed by atoms with van der Waals surface area (Å²) < 4.78 is 12.0. The topological polar surface area (TPSA) is 87.3 Å². The first-order chi connectivity index (χ1) is 13.0. The van der Waals surface area contributed by atoms with Gasteiger partial charge in [-0.3, -0.25) is 0 Å². The van der Waals surface area contributed by atoms with Gasteiger partial charge in [-0.15, -0.1) is 0 Å². The number of hydrogen-bond acceptors (Lipinski definition) is 6. The molecule has 6 nitrogen and oxygen atoms in total. The summed E-state index contributed by atoms with van der Waals surface area (Å²) in [5.41, 5.74) is 7.74. The van der Waals surface area contributed by atoms with Crippen molar-refractivity contribution >= 4 is 27.8 Å². The van der Waals surface area contributed by atoms with Crippen LogP contribution in [0.1, 0.15) is 55.6 Å². The number of rotatable bonds is 9. The van der Waals surface area contributed by atoms with Crippen LogP contribution in [0.3, 0.4) is 0 Å². The maximum absolute atomic E-state index is 12.5. The molecule has 0 amide bonds. The number of unbranched alkanes of at least 4 members (excludes halogenated alkanes) is 3. The van der Waals surface area contributed by atoms with Gasteiger partial charge < -0.3 is 15.2 Å². The molecule has 0 unspecified atom stereocenters. The Balaban J connectivity index is 2.44. The first-order valence-electron chi connectivity index (χ1n) is 9.21. The Hall–Kier alpha value is -2.15. The summed E-state index contributed by atoms with van der Waals surface area (Å²) in [4.78, 5) is 21.0. The van der Waals surface area contributed by atoms with E-state index in [1.807, 2.05) is 18.2 Å². The van der Waals surface area contributed by atoms with Gasteiger partial charge in [-0.2, -0.15) is 0 Å². The normalized spacial score (nSPS) is 10.7. The van der Waals surface area contributed by atoms with E-state index < -0.39 is 5.97 Å². The third-order valence-corrected chi connectivity index (χ3v) is 4.53. The fourth-order valence-electron chi connectivity index (χ4n) is 2.76. The minimum atomic E-state index is -0.473. The number of aromatic nitrogens is 2. The molecule has 0 fully saturated rings. The van der Waals surface area contributed by atoms with Crippen molar-refractivity contribution in [2.24, 2.45) is 0 Å². The molecule has 0 spiro atoms. The summed E-state index contributed by atoms with van der Waals surface area (Å²) in [6.07, 6.45) is 4.45. The molecule has 0 aliphatic heterocycles. The predicted octanol–water partition coefficient (Wildman–Crippen LogP) is 4.93. The second-order valence-electron chi connectivity index (χ2n) is 6.16. The van der Waals surface area contributed by atoms with Gasteiger partial charge in [-0.1, -0.05) is 42.1 Å². The number of anilines is 1. The lowest BCUT2D eigenvalue weighted by molar-refractivity contribution is 0.0525. The summed E-state index contributed by atoms with van der Waals surface area (Å²) in [6.45, 7) is 6.52. The minimum absolute atomic E-state index is 0.101. The molecule has 0 radical (unpaired) electrons. The smallest absolute Gasteiger partial charge is 0.342 e. The van der Waals surface area contributed by atoms with Crippen molar-refractivity contribution in [3.63, 3.8) is 0 Å². The van der Waals surface area contributed by atoms with Gasteiger partial charge in [0.05, 0.1) is 24.6 Å². The van der Waals surface area contributed by atoms with E-state index in [0.29, 0.717) is 34.9 Å². The quantitative estimate of drug-likeness (QED) is 0.443. The molecule has 0 aliphatic carbocycles. The number of carbonyl (C=O) groups is 1. The van der Waals surface area contributed by atoms with Crippen LogP contribution in [0.15, 0.2) is 22.7 Å². The van der Waals surface area contributed by atoms with Gasteiger partial charge >= 0.3 is 5.97 Å². The standard InChI is InChI=1S/C20H26BrN3O3/c1-4-6-7-8-11-27-16-10-9-14(21)12-15(16)18-17(19(25)26-5-2)13(3)23-20(22)24-18/h9-10,12H,4-8,11H2,1-3H3,(H2,22,23,24). The van der Waals surface area contributed by atoms with Gasteiger partial charge in [0.15, 0.2) is 0 Å². The zero-order valence-corrected chi connectivity index (χ0v) is 17.6. The van der Waals surface area contributed by atoms with Crippen molar-refractivity contribution in [1.29, 1.82) is 0 Å². The third kappa shape index (κ3) is 5.66. The van der Waals surface area contributed by atoms with Crippen LogP contribution < -0.4 is 10.5 Å². The number of aryl methyl sites for hydroxylation is 1.